The van der Waals surface area contributed by atoms with Crippen LogP contribution < -0.4 is 5.32 Å². The van der Waals surface area contributed by atoms with Crippen LogP contribution in [0.2, 0.25) is 0 Å². The summed E-state index contributed by atoms with van der Waals surface area (Å²) in [5, 5.41) is 3.47. The van der Waals surface area contributed by atoms with Crippen molar-refractivity contribution in [3.05, 3.63) is 65.7 Å². The fraction of sp³-hybridized carbons (Fsp3) is 0.435. The number of anilines is 1. The summed E-state index contributed by atoms with van der Waals surface area (Å²) in [6.07, 6.45) is 3.70. The van der Waals surface area contributed by atoms with E-state index in [0.717, 1.165) is 37.9 Å². The van der Waals surface area contributed by atoms with Crippen molar-refractivity contribution < 1.29 is 9.53 Å². The van der Waals surface area contributed by atoms with Gasteiger partial charge in [-0.05, 0) is 63.3 Å². The number of rotatable bonds is 6. The number of nitrogens with one attached hydrogen (secondary N) is 1. The Morgan fingerprint density at radius 1 is 1.04 bits per heavy atom. The maximum Gasteiger partial charge on any atom is 0.312 e. The lowest BCUT2D eigenvalue weighted by molar-refractivity contribution is -0.173. The van der Waals surface area contributed by atoms with Crippen LogP contribution in [0.5, 0.6) is 0 Å². The van der Waals surface area contributed by atoms with Gasteiger partial charge in [-0.2, -0.15) is 0 Å². The van der Waals surface area contributed by atoms with Crippen molar-refractivity contribution in [1.82, 2.24) is 0 Å². The normalized spacial score (nSPS) is 15.8. The summed E-state index contributed by atoms with van der Waals surface area (Å²) in [6, 6.07) is 18.8. The Morgan fingerprint density at radius 2 is 1.73 bits per heavy atom. The number of ether oxygens (including phenoxy) is 1. The second-order valence-corrected chi connectivity index (χ2v) is 8.35. The summed E-state index contributed by atoms with van der Waals surface area (Å²) in [6.45, 7) is 6.60. The number of carbonyl (C=O) groups excluding carboxylic acids is 1. The summed E-state index contributed by atoms with van der Waals surface area (Å²) >= 11 is 0. The van der Waals surface area contributed by atoms with Crippen LogP contribution in [0.3, 0.4) is 0 Å². The van der Waals surface area contributed by atoms with E-state index in [2.05, 4.69) is 53.8 Å². The molecule has 0 bridgehead atoms. The maximum atomic E-state index is 12.7. The van der Waals surface area contributed by atoms with Crippen molar-refractivity contribution >= 4 is 11.7 Å². The molecule has 0 radical (unpaired) electrons. The van der Waals surface area contributed by atoms with E-state index in [1.54, 1.807) is 0 Å². The van der Waals surface area contributed by atoms with Gasteiger partial charge < -0.3 is 10.1 Å². The molecule has 0 aliphatic heterocycles. The van der Waals surface area contributed by atoms with Crippen LogP contribution in [-0.2, 0) is 22.5 Å². The standard InChI is InChI=1S/C23H29NO2/c1-22(2,3)26-21(25)23(13-8-14-23)16-19-11-7-12-20(15-19)24-17-18-9-5-4-6-10-18/h4-7,9-12,15,24H,8,13-14,16-17H2,1-3H3. The number of benzene rings is 2. The first-order valence-corrected chi connectivity index (χ1v) is 9.47. The smallest absolute Gasteiger partial charge is 0.312 e. The predicted molar refractivity (Wildman–Crippen MR) is 106 cm³/mol. The summed E-state index contributed by atoms with van der Waals surface area (Å²) in [7, 11) is 0. The molecule has 0 spiro atoms. The summed E-state index contributed by atoms with van der Waals surface area (Å²) in [5.41, 5.74) is 2.75. The average molecular weight is 351 g/mol. The lowest BCUT2D eigenvalue weighted by Crippen LogP contribution is -2.44. The van der Waals surface area contributed by atoms with Gasteiger partial charge in [0.15, 0.2) is 0 Å². The molecule has 2 aromatic rings. The molecule has 138 valence electrons. The van der Waals surface area contributed by atoms with Gasteiger partial charge in [0.1, 0.15) is 5.60 Å². The lowest BCUT2D eigenvalue weighted by atomic mass is 9.65. The Labute approximate surface area is 156 Å². The highest BCUT2D eigenvalue weighted by Crippen LogP contribution is 2.45. The highest BCUT2D eigenvalue weighted by Gasteiger charge is 2.46. The summed E-state index contributed by atoms with van der Waals surface area (Å²) in [5.74, 6) is -0.0427. The van der Waals surface area contributed by atoms with Crippen LogP contribution >= 0.6 is 0 Å². The Morgan fingerprint density at radius 3 is 2.35 bits per heavy atom. The number of hydrogen-bond donors (Lipinski definition) is 1. The molecule has 3 nitrogen and oxygen atoms in total. The van der Waals surface area contributed by atoms with E-state index in [1.165, 1.54) is 11.1 Å². The van der Waals surface area contributed by atoms with Crippen molar-refractivity contribution in [2.45, 2.75) is 58.6 Å². The molecule has 3 rings (SSSR count). The van der Waals surface area contributed by atoms with Crippen molar-refractivity contribution in [1.29, 1.82) is 0 Å². The van der Waals surface area contributed by atoms with Gasteiger partial charge in [0.2, 0.25) is 0 Å². The van der Waals surface area contributed by atoms with Crippen LogP contribution in [0.25, 0.3) is 0 Å². The van der Waals surface area contributed by atoms with E-state index in [-0.39, 0.29) is 11.4 Å². The first-order chi connectivity index (χ1) is 12.4. The molecule has 3 heteroatoms. The number of hydrogen-bond acceptors (Lipinski definition) is 3. The van der Waals surface area contributed by atoms with Gasteiger partial charge in [0, 0.05) is 12.2 Å². The van der Waals surface area contributed by atoms with Gasteiger partial charge in [-0.1, -0.05) is 48.9 Å². The van der Waals surface area contributed by atoms with Gasteiger partial charge in [0.25, 0.3) is 0 Å². The van der Waals surface area contributed by atoms with Crippen LogP contribution in [0, 0.1) is 5.41 Å². The lowest BCUT2D eigenvalue weighted by Gasteiger charge is -2.41. The van der Waals surface area contributed by atoms with Crippen molar-refractivity contribution in [2.75, 3.05) is 5.32 Å². The van der Waals surface area contributed by atoms with Gasteiger partial charge >= 0.3 is 5.97 Å². The van der Waals surface area contributed by atoms with Gasteiger partial charge in [-0.25, -0.2) is 0 Å². The van der Waals surface area contributed by atoms with E-state index in [9.17, 15) is 4.79 Å². The predicted octanol–water partition coefficient (Wildman–Crippen LogP) is 5.35. The number of carbonyl (C=O) groups is 1. The highest BCUT2D eigenvalue weighted by atomic mass is 16.6. The minimum absolute atomic E-state index is 0.0427. The van der Waals surface area contributed by atoms with Crippen LogP contribution in [-0.4, -0.2) is 11.6 Å². The van der Waals surface area contributed by atoms with E-state index in [0.29, 0.717) is 0 Å². The van der Waals surface area contributed by atoms with E-state index < -0.39 is 5.60 Å². The SMILES string of the molecule is CC(C)(C)OC(=O)C1(Cc2cccc(NCc3ccccc3)c2)CCC1. The third-order valence-corrected chi connectivity index (χ3v) is 4.95. The molecule has 1 N–H and O–H groups in total. The molecule has 2 aromatic carbocycles. The van der Waals surface area contributed by atoms with Crippen molar-refractivity contribution in [2.24, 2.45) is 5.41 Å². The first kappa shape index (κ1) is 18.5. The second kappa shape index (κ2) is 7.53. The van der Waals surface area contributed by atoms with Crippen molar-refractivity contribution in [3.63, 3.8) is 0 Å². The summed E-state index contributed by atoms with van der Waals surface area (Å²) in [4.78, 5) is 12.7. The molecule has 0 aromatic heterocycles. The molecule has 1 fully saturated rings. The third-order valence-electron chi connectivity index (χ3n) is 4.95. The monoisotopic (exact) mass is 351 g/mol. The Balaban J connectivity index is 1.66. The number of esters is 1. The minimum Gasteiger partial charge on any atom is -0.460 e. The van der Waals surface area contributed by atoms with Gasteiger partial charge in [-0.15, -0.1) is 0 Å². The molecule has 1 aliphatic rings. The minimum atomic E-state index is -0.432. The molecule has 0 atom stereocenters. The first-order valence-electron chi connectivity index (χ1n) is 9.47. The third kappa shape index (κ3) is 4.66. The average Bonchev–Trinajstić information content (AvgIpc) is 2.56. The van der Waals surface area contributed by atoms with Crippen LogP contribution in [0.4, 0.5) is 5.69 Å². The molecular weight excluding hydrogens is 322 g/mol. The Kier molecular flexibility index (Phi) is 5.36. The zero-order valence-corrected chi connectivity index (χ0v) is 16.0. The van der Waals surface area contributed by atoms with Crippen LogP contribution in [0.15, 0.2) is 54.6 Å². The molecule has 0 amide bonds. The molecular formula is C23H29NO2. The molecule has 1 aliphatic carbocycles. The second-order valence-electron chi connectivity index (χ2n) is 8.35. The van der Waals surface area contributed by atoms with E-state index in [4.69, 9.17) is 4.74 Å². The van der Waals surface area contributed by atoms with Crippen molar-refractivity contribution in [3.8, 4) is 0 Å². The molecule has 0 unspecified atom stereocenters. The fourth-order valence-corrected chi connectivity index (χ4v) is 3.42. The van der Waals surface area contributed by atoms with Gasteiger partial charge in [-0.3, -0.25) is 4.79 Å². The molecule has 0 saturated heterocycles. The Bertz CT molecular complexity index is 742. The van der Waals surface area contributed by atoms with Gasteiger partial charge in [0.05, 0.1) is 5.41 Å². The Hall–Kier alpha value is -2.29. The zero-order valence-electron chi connectivity index (χ0n) is 16.0. The highest BCUT2D eigenvalue weighted by molar-refractivity contribution is 5.78. The fourth-order valence-electron chi connectivity index (χ4n) is 3.42. The zero-order chi connectivity index (χ0) is 18.6. The maximum absolute atomic E-state index is 12.7. The quantitative estimate of drug-likeness (QED) is 0.713. The van der Waals surface area contributed by atoms with Crippen LogP contribution in [0.1, 0.15) is 51.2 Å². The molecule has 0 heterocycles. The molecule has 26 heavy (non-hydrogen) atoms. The van der Waals surface area contributed by atoms with E-state index in [1.807, 2.05) is 26.8 Å². The molecule has 1 saturated carbocycles. The van der Waals surface area contributed by atoms with E-state index >= 15 is 0 Å². The largest absolute Gasteiger partial charge is 0.460 e. The summed E-state index contributed by atoms with van der Waals surface area (Å²) < 4.78 is 5.70. The topological polar surface area (TPSA) is 38.3 Å².